The first-order chi connectivity index (χ1) is 24.9. The Hall–Kier alpha value is -3.12. The molecule has 0 saturated carbocycles. The van der Waals surface area contributed by atoms with E-state index < -0.39 is 63.7 Å². The third-order valence-electron chi connectivity index (χ3n) is 6.75. The van der Waals surface area contributed by atoms with Gasteiger partial charge in [-0.25, -0.2) is 35.2 Å². The van der Waals surface area contributed by atoms with Crippen LogP contribution in [0.4, 0.5) is 33.0 Å². The van der Waals surface area contributed by atoms with Crippen LogP contribution in [0.5, 0.6) is 0 Å². The fourth-order valence-electron chi connectivity index (χ4n) is 4.43. The summed E-state index contributed by atoms with van der Waals surface area (Å²) in [4.78, 5) is 15.2. The third-order valence-corrected chi connectivity index (χ3v) is 10.0. The Morgan fingerprint density at radius 3 is 2.12 bits per heavy atom. The number of aromatic nitrogens is 3. The fraction of sp³-hybridized carbons (Fsp3) is 0.0690. The first-order valence-corrected chi connectivity index (χ1v) is 19.5. The number of nitrogens with two attached hydrogens (primary N) is 1. The summed E-state index contributed by atoms with van der Waals surface area (Å²) < 4.78 is 104. The van der Waals surface area contributed by atoms with Gasteiger partial charge in [0, 0.05) is 11.3 Å². The van der Waals surface area contributed by atoms with Crippen LogP contribution in [0.25, 0.3) is 11.1 Å². The molecule has 0 bridgehead atoms. The van der Waals surface area contributed by atoms with E-state index in [1.165, 1.54) is 0 Å². The summed E-state index contributed by atoms with van der Waals surface area (Å²) in [7, 11) is -15.0. The van der Waals surface area contributed by atoms with Gasteiger partial charge in [-0.1, -0.05) is 35.6 Å². The SMILES string of the molecule is N#Cc1ccccc1N=Nc1sc(N)c(C#N)c1-c1ccc(Nc2nc(=NCCS(=O)(=O)[O-])[nH]c(=Nc3cc(S(=O)(=O)[O-])ccc3S(=O)(=O)[O-])[nH]2)cc1.[Na+].[Na+].[Na+]. The molecule has 5 rings (SSSR count). The molecule has 2 heterocycles. The Labute approximate surface area is 388 Å². The van der Waals surface area contributed by atoms with Gasteiger partial charge >= 0.3 is 88.7 Å². The second-order valence-corrected chi connectivity index (χ2v) is 15.6. The van der Waals surface area contributed by atoms with E-state index in [1.807, 2.05) is 6.07 Å². The van der Waals surface area contributed by atoms with E-state index in [-0.39, 0.29) is 121 Å². The maximum Gasteiger partial charge on any atom is 1.00 e. The standard InChI is InChI=1S/C29H23N11O9S4.3Na/c30-14-17-3-1-2-4-21(17)39-40-26-24(20(15-31)25(32)50-26)16-5-7-18(8-6-16)34-28-36-27(33-11-12-51(41,42)43)37-29(38-28)35-22-13-19(52(44,45)46)9-10-23(22)53(47,48)49;;;/h1-10,13H,11-12,32H2,(H,41,42,43)(H,44,45,46)(H,47,48,49)(H3,33,34,35,36,37,38);;;/q;3*+1/p-3. The normalized spacial score (nSPS) is 12.2. The number of anilines is 3. The number of benzene rings is 3. The molecule has 0 radical (unpaired) electrons. The van der Waals surface area contributed by atoms with E-state index in [2.05, 4.69) is 46.6 Å². The number of H-pyrrole nitrogens is 2. The van der Waals surface area contributed by atoms with Gasteiger partial charge in [-0.15, -0.1) is 10.2 Å². The average molecular weight is 864 g/mol. The molecule has 0 aliphatic rings. The van der Waals surface area contributed by atoms with Gasteiger partial charge in [0.05, 0.1) is 49.0 Å². The van der Waals surface area contributed by atoms with Crippen molar-refractivity contribution in [2.24, 2.45) is 20.2 Å². The predicted molar refractivity (Wildman–Crippen MR) is 183 cm³/mol. The monoisotopic (exact) mass is 863 g/mol. The minimum Gasteiger partial charge on any atom is -0.748 e. The van der Waals surface area contributed by atoms with Gasteiger partial charge in [0.1, 0.15) is 48.1 Å². The van der Waals surface area contributed by atoms with Crippen LogP contribution in [0.1, 0.15) is 11.1 Å². The topological polar surface area (TPSA) is 351 Å². The smallest absolute Gasteiger partial charge is 0.748 e. The van der Waals surface area contributed by atoms with E-state index >= 15 is 0 Å². The zero-order valence-electron chi connectivity index (χ0n) is 29.3. The van der Waals surface area contributed by atoms with Gasteiger partial charge in [-0.05, 0) is 48.0 Å². The molecule has 5 aromatic rings. The van der Waals surface area contributed by atoms with E-state index in [4.69, 9.17) is 5.73 Å². The number of aromatic amines is 2. The van der Waals surface area contributed by atoms with Crippen molar-refractivity contribution in [3.8, 4) is 23.3 Å². The zero-order chi connectivity index (χ0) is 38.6. The summed E-state index contributed by atoms with van der Waals surface area (Å²) in [5, 5.41) is 31.0. The van der Waals surface area contributed by atoms with Crippen molar-refractivity contribution < 1.29 is 128 Å². The Kier molecular flexibility index (Phi) is 18.0. The van der Waals surface area contributed by atoms with Crippen molar-refractivity contribution in [1.29, 1.82) is 10.5 Å². The summed E-state index contributed by atoms with van der Waals surface area (Å²) >= 11 is 1.01. The Morgan fingerprint density at radius 2 is 1.52 bits per heavy atom. The summed E-state index contributed by atoms with van der Waals surface area (Å²) in [6.45, 7) is -0.566. The van der Waals surface area contributed by atoms with Crippen molar-refractivity contribution >= 4 is 74.7 Å². The molecular weight excluding hydrogens is 844 g/mol. The fourth-order valence-corrected chi connectivity index (χ4v) is 6.70. The molecule has 0 aliphatic heterocycles. The summed E-state index contributed by atoms with van der Waals surface area (Å²) in [5.41, 5.74) is 6.47. The molecule has 2 aromatic heterocycles. The number of hydrogen-bond acceptors (Lipinski definition) is 19. The minimum atomic E-state index is -5.25. The van der Waals surface area contributed by atoms with Crippen molar-refractivity contribution in [3.63, 3.8) is 0 Å². The van der Waals surface area contributed by atoms with Crippen LogP contribution >= 0.6 is 11.3 Å². The molecule has 0 saturated heterocycles. The molecule has 56 heavy (non-hydrogen) atoms. The maximum absolute atomic E-state index is 11.9. The number of nitrogens with zero attached hydrogens (tertiary/aromatic N) is 7. The van der Waals surface area contributed by atoms with E-state index in [0.29, 0.717) is 40.7 Å². The van der Waals surface area contributed by atoms with Gasteiger partial charge in [0.2, 0.25) is 17.2 Å². The molecule has 0 aliphatic carbocycles. The van der Waals surface area contributed by atoms with Crippen molar-refractivity contribution in [3.05, 3.63) is 89.1 Å². The molecule has 5 N–H and O–H groups in total. The van der Waals surface area contributed by atoms with E-state index in [0.717, 1.165) is 11.3 Å². The number of azo groups is 1. The Bertz CT molecular complexity index is 2850. The van der Waals surface area contributed by atoms with Crippen molar-refractivity contribution in [2.45, 2.75) is 9.79 Å². The summed E-state index contributed by atoms with van der Waals surface area (Å²) in [6, 6.07) is 18.6. The van der Waals surface area contributed by atoms with E-state index in [1.54, 1.807) is 48.5 Å². The molecule has 20 nitrogen and oxygen atoms in total. The Balaban J connectivity index is 0.00000361. The number of nitrogens with one attached hydrogen (secondary N) is 3. The van der Waals surface area contributed by atoms with Crippen LogP contribution in [-0.4, -0.2) is 66.2 Å². The number of nitrogen functional groups attached to an aromatic ring is 1. The number of rotatable bonds is 11. The van der Waals surface area contributed by atoms with Gasteiger partial charge in [0.25, 0.3) is 0 Å². The van der Waals surface area contributed by atoms with Gasteiger partial charge in [0.15, 0.2) is 0 Å². The van der Waals surface area contributed by atoms with Gasteiger partial charge in [-0.3, -0.25) is 9.97 Å². The molecule has 3 aromatic carbocycles. The molecule has 27 heteroatoms. The third kappa shape index (κ3) is 12.9. The molecule has 0 spiro atoms. The second-order valence-electron chi connectivity index (χ2n) is 10.3. The zero-order valence-corrected chi connectivity index (χ0v) is 38.5. The quantitative estimate of drug-likeness (QED) is 0.0545. The number of nitriles is 2. The average Bonchev–Trinajstić information content (AvgIpc) is 3.40. The molecule has 272 valence electrons. The molecule has 0 atom stereocenters. The minimum absolute atomic E-state index is 0. The molecule has 0 unspecified atom stereocenters. The largest absolute Gasteiger partial charge is 1.00 e. The number of hydrogen-bond donors (Lipinski definition) is 4. The van der Waals surface area contributed by atoms with Crippen molar-refractivity contribution in [2.75, 3.05) is 23.3 Å². The molecule has 0 fully saturated rings. The van der Waals surface area contributed by atoms with Crippen LogP contribution in [0.2, 0.25) is 0 Å². The Morgan fingerprint density at radius 1 is 0.839 bits per heavy atom. The summed E-state index contributed by atoms with van der Waals surface area (Å²) in [5.74, 6) is -1.09. The first-order valence-electron chi connectivity index (χ1n) is 14.3. The van der Waals surface area contributed by atoms with Crippen molar-refractivity contribution in [1.82, 2.24) is 15.0 Å². The van der Waals surface area contributed by atoms with Crippen LogP contribution in [0.3, 0.4) is 0 Å². The molecular formula is C29H20N11Na3O9S4. The number of thiophene rings is 1. The molecule has 0 amide bonds. The van der Waals surface area contributed by atoms with Crippen LogP contribution < -0.4 is 111 Å². The van der Waals surface area contributed by atoms with Gasteiger partial charge in [-0.2, -0.15) is 15.5 Å². The van der Waals surface area contributed by atoms with Crippen LogP contribution in [-0.2, 0) is 30.4 Å². The summed E-state index contributed by atoms with van der Waals surface area (Å²) in [6.07, 6.45) is 0. The van der Waals surface area contributed by atoms with Gasteiger partial charge < -0.3 is 24.7 Å². The van der Waals surface area contributed by atoms with Crippen LogP contribution in [0, 0.1) is 22.7 Å². The second kappa shape index (κ2) is 20.5. The maximum atomic E-state index is 11.9. The first kappa shape index (κ1) is 49.0. The van der Waals surface area contributed by atoms with Crippen LogP contribution in [0.15, 0.2) is 96.7 Å². The van der Waals surface area contributed by atoms with E-state index in [9.17, 15) is 49.4 Å². The predicted octanol–water partition coefficient (Wildman–Crippen LogP) is -6.55.